The summed E-state index contributed by atoms with van der Waals surface area (Å²) in [6.07, 6.45) is 2.56. The fourth-order valence-corrected chi connectivity index (χ4v) is 3.54. The molecule has 2 aromatic rings. The SMILES string of the molecule is CC(Nc1c(Br)ccc(Br)c1[N+](=O)[O-])c1ccc(C2CC2)cc1. The maximum atomic E-state index is 11.4. The molecule has 0 heterocycles. The van der Waals surface area contributed by atoms with Gasteiger partial charge in [-0.2, -0.15) is 0 Å². The largest absolute Gasteiger partial charge is 0.372 e. The summed E-state index contributed by atoms with van der Waals surface area (Å²) in [5, 5.41) is 14.6. The summed E-state index contributed by atoms with van der Waals surface area (Å²) in [7, 11) is 0. The molecule has 0 aliphatic heterocycles. The van der Waals surface area contributed by atoms with E-state index in [4.69, 9.17) is 0 Å². The van der Waals surface area contributed by atoms with Crippen molar-refractivity contribution in [2.24, 2.45) is 0 Å². The lowest BCUT2D eigenvalue weighted by Crippen LogP contribution is -2.09. The van der Waals surface area contributed by atoms with Gasteiger partial charge in [-0.05, 0) is 80.8 Å². The highest BCUT2D eigenvalue weighted by Crippen LogP contribution is 2.42. The number of halogens is 2. The van der Waals surface area contributed by atoms with E-state index in [1.807, 2.05) is 6.92 Å². The molecule has 0 radical (unpaired) electrons. The number of nitrogens with zero attached hydrogens (tertiary/aromatic N) is 1. The van der Waals surface area contributed by atoms with Crippen molar-refractivity contribution in [2.75, 3.05) is 5.32 Å². The van der Waals surface area contributed by atoms with Gasteiger partial charge < -0.3 is 5.32 Å². The van der Waals surface area contributed by atoms with Crippen LogP contribution in [0.25, 0.3) is 0 Å². The summed E-state index contributed by atoms with van der Waals surface area (Å²) in [5.41, 5.74) is 3.02. The molecule has 1 aliphatic rings. The third-order valence-electron chi connectivity index (χ3n) is 4.11. The summed E-state index contributed by atoms with van der Waals surface area (Å²) in [6, 6.07) is 12.0. The number of nitrogens with one attached hydrogen (secondary N) is 1. The summed E-state index contributed by atoms with van der Waals surface area (Å²) >= 11 is 6.66. The average molecular weight is 440 g/mol. The summed E-state index contributed by atoms with van der Waals surface area (Å²) < 4.78 is 1.14. The molecular formula is C17H16Br2N2O2. The van der Waals surface area contributed by atoms with E-state index in [9.17, 15) is 10.1 Å². The van der Waals surface area contributed by atoms with Gasteiger partial charge in [0.05, 0.1) is 9.40 Å². The quantitative estimate of drug-likeness (QED) is 0.447. The molecule has 0 aromatic heterocycles. The number of nitro benzene ring substituents is 1. The van der Waals surface area contributed by atoms with E-state index in [-0.39, 0.29) is 16.7 Å². The van der Waals surface area contributed by atoms with Crippen LogP contribution in [0.3, 0.4) is 0 Å². The Kier molecular flexibility index (Phi) is 4.73. The van der Waals surface area contributed by atoms with Crippen LogP contribution in [-0.2, 0) is 0 Å². The van der Waals surface area contributed by atoms with Crippen molar-refractivity contribution in [3.63, 3.8) is 0 Å². The molecular weight excluding hydrogens is 424 g/mol. The standard InChI is InChI=1S/C17H16Br2N2O2/c1-10(11-2-4-12(5-3-11)13-6-7-13)20-16-14(18)8-9-15(19)17(16)21(22)23/h2-5,8-10,13,20H,6-7H2,1H3. The predicted molar refractivity (Wildman–Crippen MR) is 99.0 cm³/mol. The van der Waals surface area contributed by atoms with Crippen molar-refractivity contribution < 1.29 is 4.92 Å². The van der Waals surface area contributed by atoms with Crippen LogP contribution in [0.1, 0.15) is 42.9 Å². The first kappa shape index (κ1) is 16.5. The van der Waals surface area contributed by atoms with Gasteiger partial charge in [0, 0.05) is 10.5 Å². The highest BCUT2D eigenvalue weighted by atomic mass is 79.9. The zero-order valence-electron chi connectivity index (χ0n) is 12.6. The zero-order valence-corrected chi connectivity index (χ0v) is 15.7. The molecule has 1 N–H and O–H groups in total. The first-order valence-electron chi connectivity index (χ1n) is 7.46. The molecule has 0 spiro atoms. The molecule has 0 bridgehead atoms. The van der Waals surface area contributed by atoms with Gasteiger partial charge in [-0.25, -0.2) is 0 Å². The highest BCUT2D eigenvalue weighted by molar-refractivity contribution is 9.11. The van der Waals surface area contributed by atoms with Gasteiger partial charge >= 0.3 is 5.69 Å². The number of hydrogen-bond acceptors (Lipinski definition) is 3. The fraction of sp³-hybridized carbons (Fsp3) is 0.294. The van der Waals surface area contributed by atoms with Crippen molar-refractivity contribution in [3.8, 4) is 0 Å². The van der Waals surface area contributed by atoms with Crippen LogP contribution >= 0.6 is 31.9 Å². The van der Waals surface area contributed by atoms with Gasteiger partial charge in [-0.3, -0.25) is 10.1 Å². The van der Waals surface area contributed by atoms with Crippen LogP contribution < -0.4 is 5.32 Å². The molecule has 23 heavy (non-hydrogen) atoms. The predicted octanol–water partition coefficient (Wildman–Crippen LogP) is 6.17. The van der Waals surface area contributed by atoms with E-state index in [1.165, 1.54) is 18.4 Å². The Morgan fingerprint density at radius 3 is 2.30 bits per heavy atom. The minimum Gasteiger partial charge on any atom is -0.372 e. The summed E-state index contributed by atoms with van der Waals surface area (Å²) in [5.74, 6) is 0.729. The van der Waals surface area contributed by atoms with Crippen LogP contribution in [-0.4, -0.2) is 4.92 Å². The van der Waals surface area contributed by atoms with Crippen molar-refractivity contribution in [1.29, 1.82) is 0 Å². The van der Waals surface area contributed by atoms with Gasteiger partial charge in [0.2, 0.25) is 0 Å². The lowest BCUT2D eigenvalue weighted by Gasteiger charge is -2.18. The number of rotatable bonds is 5. The fourth-order valence-electron chi connectivity index (χ4n) is 2.63. The average Bonchev–Trinajstić information content (AvgIpc) is 3.35. The van der Waals surface area contributed by atoms with Gasteiger partial charge in [0.1, 0.15) is 5.69 Å². The van der Waals surface area contributed by atoms with E-state index < -0.39 is 0 Å². The molecule has 1 atom stereocenters. The molecule has 6 heteroatoms. The normalized spacial score (nSPS) is 15.3. The minimum absolute atomic E-state index is 0.0347. The lowest BCUT2D eigenvalue weighted by atomic mass is 10.0. The van der Waals surface area contributed by atoms with Gasteiger partial charge in [0.25, 0.3) is 0 Å². The molecule has 0 amide bonds. The third-order valence-corrected chi connectivity index (χ3v) is 5.41. The van der Waals surface area contributed by atoms with Crippen LogP contribution in [0, 0.1) is 10.1 Å². The maximum absolute atomic E-state index is 11.4. The molecule has 1 fully saturated rings. The monoisotopic (exact) mass is 438 g/mol. The first-order chi connectivity index (χ1) is 11.0. The van der Waals surface area contributed by atoms with Crippen LogP contribution in [0.2, 0.25) is 0 Å². The van der Waals surface area contributed by atoms with Crippen LogP contribution in [0.15, 0.2) is 45.3 Å². The lowest BCUT2D eigenvalue weighted by molar-refractivity contribution is -0.384. The smallest absolute Gasteiger partial charge is 0.307 e. The molecule has 4 nitrogen and oxygen atoms in total. The Morgan fingerprint density at radius 2 is 1.74 bits per heavy atom. The highest BCUT2D eigenvalue weighted by Gasteiger charge is 2.24. The number of nitro groups is 1. The van der Waals surface area contributed by atoms with Crippen LogP contribution in [0.5, 0.6) is 0 Å². The molecule has 1 aliphatic carbocycles. The molecule has 1 saturated carbocycles. The second-order valence-corrected chi connectivity index (χ2v) is 7.53. The molecule has 3 rings (SSSR count). The van der Waals surface area contributed by atoms with Crippen molar-refractivity contribution in [1.82, 2.24) is 0 Å². The zero-order chi connectivity index (χ0) is 16.6. The third kappa shape index (κ3) is 3.58. The van der Waals surface area contributed by atoms with E-state index in [2.05, 4.69) is 61.4 Å². The Labute approximate surface area is 151 Å². The van der Waals surface area contributed by atoms with Crippen molar-refractivity contribution >= 4 is 43.2 Å². The minimum atomic E-state index is -0.375. The van der Waals surface area contributed by atoms with Gasteiger partial charge in [0.15, 0.2) is 0 Å². The molecule has 120 valence electrons. The second-order valence-electron chi connectivity index (χ2n) is 5.82. The molecule has 1 unspecified atom stereocenters. The van der Waals surface area contributed by atoms with E-state index in [0.717, 1.165) is 11.5 Å². The summed E-state index contributed by atoms with van der Waals surface area (Å²) in [4.78, 5) is 11.0. The van der Waals surface area contributed by atoms with Crippen LogP contribution in [0.4, 0.5) is 11.4 Å². The summed E-state index contributed by atoms with van der Waals surface area (Å²) in [6.45, 7) is 2.00. The number of anilines is 1. The van der Waals surface area contributed by atoms with Crippen molar-refractivity contribution in [2.45, 2.75) is 31.7 Å². The maximum Gasteiger partial charge on any atom is 0.307 e. The Morgan fingerprint density at radius 1 is 1.13 bits per heavy atom. The van der Waals surface area contributed by atoms with Crippen molar-refractivity contribution in [3.05, 3.63) is 66.6 Å². The number of benzene rings is 2. The second kappa shape index (κ2) is 6.61. The number of hydrogen-bond donors (Lipinski definition) is 1. The Hall–Kier alpha value is -1.40. The molecule has 0 saturated heterocycles. The Bertz CT molecular complexity index is 743. The Balaban J connectivity index is 1.86. The van der Waals surface area contributed by atoms with E-state index in [0.29, 0.717) is 14.6 Å². The van der Waals surface area contributed by atoms with E-state index >= 15 is 0 Å². The molecule has 2 aromatic carbocycles. The van der Waals surface area contributed by atoms with Gasteiger partial charge in [-0.15, -0.1) is 0 Å². The first-order valence-corrected chi connectivity index (χ1v) is 9.04. The van der Waals surface area contributed by atoms with Gasteiger partial charge in [-0.1, -0.05) is 24.3 Å². The van der Waals surface area contributed by atoms with E-state index in [1.54, 1.807) is 12.1 Å². The topological polar surface area (TPSA) is 55.2 Å².